The number of piperidine rings is 1. The molecule has 2 aliphatic rings. The molecule has 190 valence electrons. The van der Waals surface area contributed by atoms with Crippen molar-refractivity contribution in [3.63, 3.8) is 0 Å². The van der Waals surface area contributed by atoms with Crippen LogP contribution < -0.4 is 10.1 Å². The maximum atomic E-state index is 12.8. The minimum atomic E-state index is -3.55. The molecular formula is C24H29ClN2O6S2. The molecule has 0 atom stereocenters. The maximum absolute atomic E-state index is 12.8. The van der Waals surface area contributed by atoms with Gasteiger partial charge in [-0.25, -0.2) is 16.8 Å². The van der Waals surface area contributed by atoms with Gasteiger partial charge in [-0.3, -0.25) is 9.69 Å². The van der Waals surface area contributed by atoms with Gasteiger partial charge in [0.15, 0.2) is 9.84 Å². The van der Waals surface area contributed by atoms with Crippen LogP contribution in [0.25, 0.3) is 0 Å². The predicted molar refractivity (Wildman–Crippen MR) is 136 cm³/mol. The molecular weight excluding hydrogens is 512 g/mol. The van der Waals surface area contributed by atoms with Gasteiger partial charge in [0.05, 0.1) is 21.8 Å². The fraction of sp³-hybridized carbons (Fsp3) is 0.458. The number of hydrogen-bond donors (Lipinski definition) is 1. The molecule has 0 saturated carbocycles. The zero-order valence-corrected chi connectivity index (χ0v) is 21.9. The molecule has 2 aromatic carbocycles. The fourth-order valence-electron chi connectivity index (χ4n) is 4.71. The van der Waals surface area contributed by atoms with E-state index in [0.717, 1.165) is 30.6 Å². The zero-order chi connectivity index (χ0) is 25.3. The van der Waals surface area contributed by atoms with Crippen LogP contribution in [0.15, 0.2) is 47.4 Å². The van der Waals surface area contributed by atoms with Crippen molar-refractivity contribution < 1.29 is 26.4 Å². The van der Waals surface area contributed by atoms with E-state index >= 15 is 0 Å². The average molecular weight is 541 g/mol. The smallest absolute Gasteiger partial charge is 0.235 e. The first-order valence-corrected chi connectivity index (χ1v) is 15.5. The third-order valence-electron chi connectivity index (χ3n) is 6.68. The van der Waals surface area contributed by atoms with E-state index in [1.165, 1.54) is 12.1 Å². The predicted octanol–water partition coefficient (Wildman–Crippen LogP) is 2.91. The van der Waals surface area contributed by atoms with Gasteiger partial charge in [0.1, 0.15) is 22.2 Å². The lowest BCUT2D eigenvalue weighted by Gasteiger charge is -2.37. The van der Waals surface area contributed by atoms with Crippen molar-refractivity contribution in [3.8, 4) is 5.75 Å². The summed E-state index contributed by atoms with van der Waals surface area (Å²) in [6.07, 6.45) is 2.57. The molecule has 1 N–H and O–H groups in total. The second-order valence-electron chi connectivity index (χ2n) is 9.19. The number of likely N-dealkylation sites (tertiary alicyclic amines) is 1. The fourth-order valence-corrected chi connectivity index (χ4v) is 7.04. The summed E-state index contributed by atoms with van der Waals surface area (Å²) in [5, 5.41) is 3.62. The minimum absolute atomic E-state index is 0.0389. The van der Waals surface area contributed by atoms with Gasteiger partial charge in [0.25, 0.3) is 0 Å². The van der Waals surface area contributed by atoms with E-state index in [0.29, 0.717) is 36.8 Å². The molecule has 8 nitrogen and oxygen atoms in total. The van der Waals surface area contributed by atoms with Crippen molar-refractivity contribution in [2.24, 2.45) is 0 Å². The van der Waals surface area contributed by atoms with Crippen molar-refractivity contribution in [2.75, 3.05) is 49.3 Å². The molecule has 0 radical (unpaired) electrons. The van der Waals surface area contributed by atoms with Crippen LogP contribution in [-0.2, 0) is 29.9 Å². The molecule has 2 aliphatic heterocycles. The number of amides is 1. The molecule has 0 aliphatic carbocycles. The molecule has 4 rings (SSSR count). The Morgan fingerprint density at radius 2 is 1.71 bits per heavy atom. The second kappa shape index (κ2) is 10.1. The molecule has 0 aromatic heterocycles. The number of rotatable bonds is 9. The van der Waals surface area contributed by atoms with Crippen LogP contribution in [0.2, 0.25) is 5.02 Å². The number of benzene rings is 2. The number of sulfone groups is 2. The van der Waals surface area contributed by atoms with Crippen LogP contribution in [0, 0.1) is 0 Å². The van der Waals surface area contributed by atoms with Crippen LogP contribution in [-0.4, -0.2) is 71.6 Å². The maximum Gasteiger partial charge on any atom is 0.235 e. The van der Waals surface area contributed by atoms with Crippen LogP contribution in [0.3, 0.4) is 0 Å². The highest BCUT2D eigenvalue weighted by molar-refractivity contribution is 7.92. The number of carbonyl (C=O) groups excluding carboxylic acids is 1. The SMILES string of the molecule is CS(=O)(=O)CCCS(=O)(=O)c1ccc(OCCN2CCC3(CC2)C(=O)Nc2ccc(Cl)cc23)cc1. The van der Waals surface area contributed by atoms with Gasteiger partial charge in [-0.05, 0) is 80.4 Å². The topological polar surface area (TPSA) is 110 Å². The summed E-state index contributed by atoms with van der Waals surface area (Å²) in [5.74, 6) is 0.228. The number of fused-ring (bicyclic) bond motifs is 2. The van der Waals surface area contributed by atoms with Crippen molar-refractivity contribution in [1.82, 2.24) is 4.90 Å². The molecule has 2 aromatic rings. The Balaban J connectivity index is 1.26. The number of nitrogens with zero attached hydrogens (tertiary/aromatic N) is 1. The van der Waals surface area contributed by atoms with E-state index in [1.54, 1.807) is 18.2 Å². The van der Waals surface area contributed by atoms with E-state index in [4.69, 9.17) is 16.3 Å². The normalized spacial score (nSPS) is 17.8. The quantitative estimate of drug-likeness (QED) is 0.520. The molecule has 2 heterocycles. The molecule has 0 bridgehead atoms. The van der Waals surface area contributed by atoms with Crippen molar-refractivity contribution >= 4 is 42.9 Å². The number of anilines is 1. The Hall–Kier alpha value is -2.14. The number of ether oxygens (including phenoxy) is 1. The molecule has 11 heteroatoms. The van der Waals surface area contributed by atoms with Gasteiger partial charge in [0.2, 0.25) is 5.91 Å². The lowest BCUT2D eigenvalue weighted by atomic mass is 9.73. The van der Waals surface area contributed by atoms with Crippen LogP contribution in [0.4, 0.5) is 5.69 Å². The Bertz CT molecular complexity index is 1300. The summed E-state index contributed by atoms with van der Waals surface area (Å²) in [6, 6.07) is 11.7. The summed E-state index contributed by atoms with van der Waals surface area (Å²) in [4.78, 5) is 15.2. The average Bonchev–Trinajstić information content (AvgIpc) is 3.05. The van der Waals surface area contributed by atoms with E-state index in [1.807, 2.05) is 12.1 Å². The lowest BCUT2D eigenvalue weighted by Crippen LogP contribution is -2.47. The first kappa shape index (κ1) is 25.9. The highest BCUT2D eigenvalue weighted by Gasteiger charge is 2.48. The summed E-state index contributed by atoms with van der Waals surface area (Å²) >= 11 is 6.18. The molecule has 0 unspecified atom stereocenters. The third kappa shape index (κ3) is 5.99. The van der Waals surface area contributed by atoms with Crippen molar-refractivity contribution in [3.05, 3.63) is 53.1 Å². The Morgan fingerprint density at radius 3 is 2.37 bits per heavy atom. The van der Waals surface area contributed by atoms with Gasteiger partial charge in [-0.15, -0.1) is 0 Å². The van der Waals surface area contributed by atoms with Gasteiger partial charge < -0.3 is 10.1 Å². The highest BCUT2D eigenvalue weighted by atomic mass is 35.5. The van der Waals surface area contributed by atoms with E-state index in [-0.39, 0.29) is 28.7 Å². The van der Waals surface area contributed by atoms with Gasteiger partial charge >= 0.3 is 0 Å². The monoisotopic (exact) mass is 540 g/mol. The highest BCUT2D eigenvalue weighted by Crippen LogP contribution is 2.45. The van der Waals surface area contributed by atoms with Crippen molar-refractivity contribution in [1.29, 1.82) is 0 Å². The number of halogens is 1. The molecule has 1 saturated heterocycles. The van der Waals surface area contributed by atoms with Gasteiger partial charge in [0, 0.05) is 23.5 Å². The zero-order valence-electron chi connectivity index (χ0n) is 19.5. The minimum Gasteiger partial charge on any atom is -0.492 e. The molecule has 1 amide bonds. The standard InChI is InChI=1S/C24H29ClN2O6S2/c1-34(29,30)15-2-16-35(31,32)20-6-4-19(5-7-20)33-14-13-27-11-9-24(10-12-27)21-17-18(25)3-8-22(21)26-23(24)28/h3-8,17H,2,9-16H2,1H3,(H,26,28). The van der Waals surface area contributed by atoms with E-state index in [9.17, 15) is 21.6 Å². The summed E-state index contributed by atoms with van der Waals surface area (Å²) in [5.41, 5.74) is 1.30. The summed E-state index contributed by atoms with van der Waals surface area (Å²) in [7, 11) is -6.74. The van der Waals surface area contributed by atoms with Crippen molar-refractivity contribution in [2.45, 2.75) is 29.6 Å². The summed E-state index contributed by atoms with van der Waals surface area (Å²) in [6.45, 7) is 2.63. The van der Waals surface area contributed by atoms with Gasteiger partial charge in [-0.2, -0.15) is 0 Å². The first-order valence-electron chi connectivity index (χ1n) is 11.5. The Labute approximate surface area is 211 Å². The number of carbonyl (C=O) groups is 1. The molecule has 35 heavy (non-hydrogen) atoms. The lowest BCUT2D eigenvalue weighted by molar-refractivity contribution is -0.122. The molecule has 1 spiro atoms. The van der Waals surface area contributed by atoms with Crippen LogP contribution >= 0.6 is 11.6 Å². The molecule has 1 fully saturated rings. The Morgan fingerprint density at radius 1 is 1.03 bits per heavy atom. The number of nitrogens with one attached hydrogen (secondary N) is 1. The summed E-state index contributed by atoms with van der Waals surface area (Å²) < 4.78 is 53.0. The van der Waals surface area contributed by atoms with E-state index in [2.05, 4.69) is 10.2 Å². The first-order chi connectivity index (χ1) is 16.5. The van der Waals surface area contributed by atoms with E-state index < -0.39 is 25.1 Å². The second-order valence-corrected chi connectivity index (χ2v) is 14.0. The Kier molecular flexibility index (Phi) is 7.47. The van der Waals surface area contributed by atoms with Crippen LogP contribution in [0.1, 0.15) is 24.8 Å². The van der Waals surface area contributed by atoms with Crippen LogP contribution in [0.5, 0.6) is 5.75 Å². The third-order valence-corrected chi connectivity index (χ3v) is 9.76. The largest absolute Gasteiger partial charge is 0.492 e. The van der Waals surface area contributed by atoms with Gasteiger partial charge in [-0.1, -0.05) is 11.6 Å². The number of hydrogen-bond acceptors (Lipinski definition) is 7.